The third-order valence-corrected chi connectivity index (χ3v) is 8.60. The number of rotatable bonds is 10. The number of aryl methyl sites for hydroxylation is 1. The van der Waals surface area contributed by atoms with Crippen molar-refractivity contribution in [2.45, 2.75) is 23.3 Å². The van der Waals surface area contributed by atoms with Gasteiger partial charge in [0.2, 0.25) is 0 Å². The van der Waals surface area contributed by atoms with Gasteiger partial charge in [-0.05, 0) is 66.4 Å². The number of fused-ring (bicyclic) bond motifs is 1. The summed E-state index contributed by atoms with van der Waals surface area (Å²) in [5.74, 6) is -0.711. The molecule has 4 aromatic carbocycles. The molecule has 1 heterocycles. The van der Waals surface area contributed by atoms with Gasteiger partial charge in [0.1, 0.15) is 34.4 Å². The van der Waals surface area contributed by atoms with Gasteiger partial charge in [0.25, 0.3) is 25.8 Å². The number of H-pyrrole nitrogens is 1. The van der Waals surface area contributed by atoms with E-state index in [0.29, 0.717) is 11.3 Å². The number of aromatic hydroxyl groups is 2. The van der Waals surface area contributed by atoms with Gasteiger partial charge in [0.05, 0.1) is 29.1 Å². The second-order valence-electron chi connectivity index (χ2n) is 9.99. The summed E-state index contributed by atoms with van der Waals surface area (Å²) < 4.78 is 72.4. The Morgan fingerprint density at radius 2 is 1.52 bits per heavy atom. The average Bonchev–Trinajstić information content (AvgIpc) is 3.34. The molecule has 0 aliphatic rings. The predicted octanol–water partition coefficient (Wildman–Crippen LogP) is 5.36. The number of hydrogen-bond donors (Lipinski definition) is 6. The molecule has 0 unspecified atom stereocenters. The molecule has 0 radical (unpaired) electrons. The number of benzene rings is 4. The molecule has 0 saturated heterocycles. The second-order valence-corrected chi connectivity index (χ2v) is 12.8. The number of hydrogen-bond acceptors (Lipinski definition) is 14. The Kier molecular flexibility index (Phi) is 9.13. The Balaban J connectivity index is 1.58. The molecule has 0 atom stereocenters. The summed E-state index contributed by atoms with van der Waals surface area (Å²) in [7, 11) is -8.05. The smallest absolute Gasteiger partial charge is 0.299 e. The molecule has 5 aromatic rings. The molecule has 250 valence electrons. The van der Waals surface area contributed by atoms with Crippen molar-refractivity contribution in [2.24, 2.45) is 20.5 Å². The van der Waals surface area contributed by atoms with E-state index in [1.54, 1.807) is 6.92 Å². The summed E-state index contributed by atoms with van der Waals surface area (Å²) in [6, 6.07) is 12.4. The van der Waals surface area contributed by atoms with Gasteiger partial charge in [0, 0.05) is 11.5 Å². The highest BCUT2D eigenvalue weighted by molar-refractivity contribution is 7.86. The zero-order valence-corrected chi connectivity index (χ0v) is 26.3. The minimum absolute atomic E-state index is 0.0110. The van der Waals surface area contributed by atoms with Crippen LogP contribution in [0.25, 0.3) is 16.5 Å². The van der Waals surface area contributed by atoms with Gasteiger partial charge in [-0.1, -0.05) is 6.07 Å². The van der Waals surface area contributed by atoms with Crippen LogP contribution in [0, 0.1) is 6.92 Å². The van der Waals surface area contributed by atoms with Crippen LogP contribution in [0.15, 0.2) is 95.7 Å². The first-order valence-corrected chi connectivity index (χ1v) is 16.2. The molecule has 0 bridgehead atoms. The van der Waals surface area contributed by atoms with Gasteiger partial charge in [-0.15, -0.1) is 15.3 Å². The number of nitrogens with one attached hydrogen (secondary N) is 1. The summed E-state index contributed by atoms with van der Waals surface area (Å²) in [6.07, 6.45) is 0. The standard InChI is InChI=1S/C28H24N6O12S2/c1-14-9-18(45-2)12-21(26(14)35)30-32-25-23(48(42,43)44)10-15-3-4-16(11-20(15)27(25)36)29-31-24-22(13-46-38)33-34(28(24)37)17-5-7-19(8-6-17)47(39,40)41/h3-12,33,35-36,38H,13H2,1-2H3,(H,39,40,41)(H,42,43,44). The number of aromatic nitrogens is 2. The molecule has 18 nitrogen and oxygen atoms in total. The Morgan fingerprint density at radius 3 is 2.15 bits per heavy atom. The van der Waals surface area contributed by atoms with Crippen molar-refractivity contribution in [1.29, 1.82) is 0 Å². The van der Waals surface area contributed by atoms with Gasteiger partial charge in [-0.3, -0.25) is 24.3 Å². The molecule has 48 heavy (non-hydrogen) atoms. The van der Waals surface area contributed by atoms with Crippen LogP contribution in [0.5, 0.6) is 17.2 Å². The average molecular weight is 701 g/mol. The molecule has 1 aromatic heterocycles. The number of aromatic amines is 1. The van der Waals surface area contributed by atoms with Crippen molar-refractivity contribution in [3.05, 3.63) is 82.3 Å². The van der Waals surface area contributed by atoms with E-state index in [-0.39, 0.29) is 45.0 Å². The van der Waals surface area contributed by atoms with Crippen LogP contribution < -0.4 is 10.3 Å². The van der Waals surface area contributed by atoms with E-state index in [2.05, 4.69) is 30.4 Å². The number of azo groups is 2. The predicted molar refractivity (Wildman–Crippen MR) is 167 cm³/mol. The quantitative estimate of drug-likeness (QED) is 0.0465. The fourth-order valence-electron chi connectivity index (χ4n) is 4.51. The Labute approximate surface area is 270 Å². The molecular formula is C28H24N6O12S2. The monoisotopic (exact) mass is 700 g/mol. The zero-order valence-electron chi connectivity index (χ0n) is 24.6. The maximum atomic E-state index is 13.2. The molecule has 0 saturated carbocycles. The Morgan fingerprint density at radius 1 is 0.833 bits per heavy atom. The van der Waals surface area contributed by atoms with E-state index in [1.807, 2.05) is 0 Å². The van der Waals surface area contributed by atoms with Crippen molar-refractivity contribution >= 4 is 53.8 Å². The van der Waals surface area contributed by atoms with E-state index >= 15 is 0 Å². The molecule has 5 rings (SSSR count). The van der Waals surface area contributed by atoms with Crippen LogP contribution in [-0.4, -0.2) is 58.3 Å². The van der Waals surface area contributed by atoms with Crippen LogP contribution in [0.3, 0.4) is 0 Å². The van der Waals surface area contributed by atoms with Gasteiger partial charge in [-0.2, -0.15) is 21.9 Å². The van der Waals surface area contributed by atoms with Crippen LogP contribution >= 0.6 is 0 Å². The lowest BCUT2D eigenvalue weighted by molar-refractivity contribution is -0.253. The van der Waals surface area contributed by atoms with Gasteiger partial charge in [-0.25, -0.2) is 9.57 Å². The van der Waals surface area contributed by atoms with Crippen LogP contribution in [0.2, 0.25) is 0 Å². The third kappa shape index (κ3) is 6.78. The summed E-state index contributed by atoms with van der Waals surface area (Å²) in [5.41, 5.74) is -1.37. The van der Waals surface area contributed by atoms with E-state index < -0.39 is 53.6 Å². The number of phenolic OH excluding ortho intramolecular Hbond substituents is 2. The van der Waals surface area contributed by atoms with Crippen molar-refractivity contribution in [3.63, 3.8) is 0 Å². The molecule has 20 heteroatoms. The first-order chi connectivity index (χ1) is 22.6. The second kappa shape index (κ2) is 12.9. The highest BCUT2D eigenvalue weighted by atomic mass is 32.2. The van der Waals surface area contributed by atoms with Gasteiger partial charge >= 0.3 is 0 Å². The summed E-state index contributed by atoms with van der Waals surface area (Å²) >= 11 is 0. The first kappa shape index (κ1) is 33.8. The van der Waals surface area contributed by atoms with Crippen molar-refractivity contribution in [1.82, 2.24) is 9.78 Å². The number of phenols is 2. The van der Waals surface area contributed by atoms with Crippen LogP contribution in [0.4, 0.5) is 22.7 Å². The van der Waals surface area contributed by atoms with Crippen LogP contribution in [-0.2, 0) is 31.7 Å². The Hall–Kier alpha value is -5.51. The van der Waals surface area contributed by atoms with Gasteiger partial charge < -0.3 is 14.9 Å². The fourth-order valence-corrected chi connectivity index (χ4v) is 5.65. The molecular weight excluding hydrogens is 676 g/mol. The molecule has 6 N–H and O–H groups in total. The fraction of sp³-hybridized carbons (Fsp3) is 0.107. The third-order valence-electron chi connectivity index (χ3n) is 6.87. The summed E-state index contributed by atoms with van der Waals surface area (Å²) in [5, 5.41) is 49.0. The van der Waals surface area contributed by atoms with E-state index in [4.69, 9.17) is 9.99 Å². The lowest BCUT2D eigenvalue weighted by atomic mass is 10.1. The lowest BCUT2D eigenvalue weighted by Crippen LogP contribution is -2.14. The lowest BCUT2D eigenvalue weighted by Gasteiger charge is -2.10. The molecule has 0 aliphatic carbocycles. The van der Waals surface area contributed by atoms with E-state index in [9.17, 15) is 40.9 Å². The number of methoxy groups -OCH3 is 1. The largest absolute Gasteiger partial charge is 0.505 e. The summed E-state index contributed by atoms with van der Waals surface area (Å²) in [6.45, 7) is 1.03. The van der Waals surface area contributed by atoms with Crippen molar-refractivity contribution in [2.75, 3.05) is 7.11 Å². The van der Waals surface area contributed by atoms with E-state index in [1.165, 1.54) is 49.6 Å². The highest BCUT2D eigenvalue weighted by Gasteiger charge is 2.23. The van der Waals surface area contributed by atoms with Crippen molar-refractivity contribution < 1.29 is 51.0 Å². The Bertz CT molecular complexity index is 2400. The molecule has 0 aliphatic heterocycles. The topological polar surface area (TPSA) is 275 Å². The molecule has 0 amide bonds. The SMILES string of the molecule is COc1cc(C)c(O)c(N=Nc2c(S(=O)(=O)O)cc3ccc(N=Nc4c(COO)[nH]n(-c5ccc(S(=O)(=O)O)cc5)c4=O)cc3c2O)c1. The maximum absolute atomic E-state index is 13.2. The number of nitrogens with zero attached hydrogens (tertiary/aromatic N) is 5. The molecule has 0 fully saturated rings. The minimum Gasteiger partial charge on any atom is -0.505 e. The van der Waals surface area contributed by atoms with E-state index in [0.717, 1.165) is 22.9 Å². The van der Waals surface area contributed by atoms with Crippen LogP contribution in [0.1, 0.15) is 11.3 Å². The van der Waals surface area contributed by atoms with Crippen molar-refractivity contribution in [3.8, 4) is 22.9 Å². The highest BCUT2D eigenvalue weighted by Crippen LogP contribution is 2.44. The first-order valence-electron chi connectivity index (χ1n) is 13.3. The molecule has 0 spiro atoms. The van der Waals surface area contributed by atoms with Gasteiger partial charge in [0.15, 0.2) is 11.4 Å². The summed E-state index contributed by atoms with van der Waals surface area (Å²) in [4.78, 5) is 16.1. The minimum atomic E-state index is -4.94. The normalized spacial score (nSPS) is 12.4. The zero-order chi connectivity index (χ0) is 35.0. The number of ether oxygens (including phenoxy) is 1. The maximum Gasteiger partial charge on any atom is 0.299 e.